The number of anilines is 2. The molecule has 1 amide bonds. The molecule has 10 heteroatoms. The molecule has 0 saturated carbocycles. The molecule has 31 heavy (non-hydrogen) atoms. The first-order valence-corrected chi connectivity index (χ1v) is 10.4. The second-order valence-electron chi connectivity index (χ2n) is 7.14. The van der Waals surface area contributed by atoms with E-state index in [1.165, 1.54) is 0 Å². The first-order chi connectivity index (χ1) is 14.9. The summed E-state index contributed by atoms with van der Waals surface area (Å²) in [6.45, 7) is 5.14. The van der Waals surface area contributed by atoms with Crippen LogP contribution in [0.15, 0.2) is 29.2 Å². The number of furan rings is 1. The molecule has 4 aromatic rings. The van der Waals surface area contributed by atoms with Gasteiger partial charge in [0.25, 0.3) is 5.91 Å². The van der Waals surface area contributed by atoms with Gasteiger partial charge in [0, 0.05) is 30.9 Å². The van der Waals surface area contributed by atoms with Gasteiger partial charge in [0.1, 0.15) is 38.7 Å². The van der Waals surface area contributed by atoms with Gasteiger partial charge in [0.05, 0.1) is 17.6 Å². The van der Waals surface area contributed by atoms with Crippen LogP contribution in [-0.4, -0.2) is 27.0 Å². The van der Waals surface area contributed by atoms with E-state index < -0.39 is 5.91 Å². The van der Waals surface area contributed by atoms with Crippen molar-refractivity contribution >= 4 is 39.0 Å². The van der Waals surface area contributed by atoms with Gasteiger partial charge in [-0.15, -0.1) is 11.3 Å². The van der Waals surface area contributed by atoms with E-state index >= 15 is 0 Å². The fourth-order valence-corrected chi connectivity index (χ4v) is 4.36. The van der Waals surface area contributed by atoms with Gasteiger partial charge in [-0.3, -0.25) is 4.79 Å². The van der Waals surface area contributed by atoms with Gasteiger partial charge in [0.15, 0.2) is 0 Å². The maximum atomic E-state index is 11.9. The molecule has 4 heterocycles. The number of thiophene rings is 1. The maximum absolute atomic E-state index is 11.9. The van der Waals surface area contributed by atoms with Crippen molar-refractivity contribution in [2.75, 3.05) is 17.6 Å². The molecule has 9 nitrogen and oxygen atoms in total. The summed E-state index contributed by atoms with van der Waals surface area (Å²) in [7, 11) is 0. The van der Waals surface area contributed by atoms with Crippen molar-refractivity contribution in [1.82, 2.24) is 14.5 Å². The summed E-state index contributed by atoms with van der Waals surface area (Å²) < 4.78 is 7.90. The Labute approximate surface area is 182 Å². The van der Waals surface area contributed by atoms with Crippen molar-refractivity contribution in [3.8, 4) is 17.4 Å². The Hall–Kier alpha value is -3.84. The first kappa shape index (κ1) is 20.4. The molecule has 0 unspecified atom stereocenters. The molecule has 0 aliphatic rings. The number of aryl methyl sites for hydroxylation is 3. The van der Waals surface area contributed by atoms with Crippen molar-refractivity contribution in [3.05, 3.63) is 46.6 Å². The summed E-state index contributed by atoms with van der Waals surface area (Å²) in [5, 5.41) is 13.8. The molecule has 4 rings (SSSR count). The van der Waals surface area contributed by atoms with E-state index in [1.54, 1.807) is 12.5 Å². The molecular weight excluding hydrogens is 414 g/mol. The van der Waals surface area contributed by atoms with Crippen molar-refractivity contribution in [1.29, 1.82) is 5.26 Å². The average Bonchev–Trinajstić information content (AvgIpc) is 3.45. The SMILES string of the molecule is Cc1cc(-c2c(C#N)c(NCCCn3ccnc3)nc3sc(C(N)=O)c(N)c23)oc1C. The highest BCUT2D eigenvalue weighted by Crippen LogP contribution is 2.43. The van der Waals surface area contributed by atoms with Crippen LogP contribution in [0.25, 0.3) is 21.5 Å². The number of aromatic nitrogens is 3. The van der Waals surface area contributed by atoms with Crippen LogP contribution in [0.1, 0.15) is 33.0 Å². The highest BCUT2D eigenvalue weighted by Gasteiger charge is 2.26. The number of fused-ring (bicyclic) bond motifs is 1. The summed E-state index contributed by atoms with van der Waals surface area (Å²) in [6, 6.07) is 4.09. The lowest BCUT2D eigenvalue weighted by atomic mass is 10.0. The molecule has 5 N–H and O–H groups in total. The number of hydrogen-bond acceptors (Lipinski definition) is 8. The van der Waals surface area contributed by atoms with E-state index in [4.69, 9.17) is 15.9 Å². The highest BCUT2D eigenvalue weighted by molar-refractivity contribution is 7.21. The number of pyridine rings is 1. The number of nitrogens with one attached hydrogen (secondary N) is 1. The lowest BCUT2D eigenvalue weighted by molar-refractivity contribution is 0.100. The normalized spacial score (nSPS) is 11.0. The number of hydrogen-bond donors (Lipinski definition) is 3. The third kappa shape index (κ3) is 3.71. The molecule has 158 valence electrons. The van der Waals surface area contributed by atoms with Crippen LogP contribution < -0.4 is 16.8 Å². The Balaban J connectivity index is 1.81. The number of nitriles is 1. The fourth-order valence-electron chi connectivity index (χ4n) is 3.40. The van der Waals surface area contributed by atoms with Gasteiger partial charge >= 0.3 is 0 Å². The Bertz CT molecular complexity index is 1290. The smallest absolute Gasteiger partial charge is 0.260 e. The molecule has 0 radical (unpaired) electrons. The standard InChI is InChI=1S/C21H21N7O2S/c1-11-8-14(30-12(11)2)15-13(9-22)20(26-4-3-6-28-7-5-25-10-28)27-21-16(15)17(23)18(31-21)19(24)29/h5,7-8,10H,3-4,6,23H2,1-2H3,(H2,24,29)(H,26,27). The summed E-state index contributed by atoms with van der Waals surface area (Å²) >= 11 is 1.11. The Morgan fingerprint density at radius 2 is 2.23 bits per heavy atom. The molecule has 0 fully saturated rings. The van der Waals surface area contributed by atoms with E-state index in [9.17, 15) is 10.1 Å². The van der Waals surface area contributed by atoms with Crippen LogP contribution in [0, 0.1) is 25.2 Å². The molecule has 4 aromatic heterocycles. The van der Waals surface area contributed by atoms with Crippen LogP contribution in [0.3, 0.4) is 0 Å². The lowest BCUT2D eigenvalue weighted by Crippen LogP contribution is -2.10. The number of carbonyl (C=O) groups is 1. The van der Waals surface area contributed by atoms with Gasteiger partial charge in [-0.25, -0.2) is 9.97 Å². The van der Waals surface area contributed by atoms with E-state index in [0.29, 0.717) is 39.5 Å². The summed E-state index contributed by atoms with van der Waals surface area (Å²) in [5.41, 5.74) is 13.7. The third-order valence-electron chi connectivity index (χ3n) is 5.07. The number of imidazole rings is 1. The van der Waals surface area contributed by atoms with E-state index in [-0.39, 0.29) is 10.6 Å². The van der Waals surface area contributed by atoms with Crippen LogP contribution in [-0.2, 0) is 6.54 Å². The largest absolute Gasteiger partial charge is 0.461 e. The Kier molecular flexibility index (Phi) is 5.35. The van der Waals surface area contributed by atoms with Crippen LogP contribution in [0.2, 0.25) is 0 Å². The number of nitrogen functional groups attached to an aromatic ring is 1. The topological polar surface area (TPSA) is 149 Å². The van der Waals surface area contributed by atoms with Crippen molar-refractivity contribution in [2.24, 2.45) is 5.73 Å². The molecular formula is C21H21N7O2S. The number of carbonyl (C=O) groups excluding carboxylic acids is 1. The van der Waals surface area contributed by atoms with Gasteiger partial charge in [0.2, 0.25) is 0 Å². The lowest BCUT2D eigenvalue weighted by Gasteiger charge is -2.12. The molecule has 0 spiro atoms. The summed E-state index contributed by atoms with van der Waals surface area (Å²) in [6.07, 6.45) is 6.18. The highest BCUT2D eigenvalue weighted by atomic mass is 32.1. The first-order valence-electron chi connectivity index (χ1n) is 9.63. The van der Waals surface area contributed by atoms with E-state index in [2.05, 4.69) is 21.4 Å². The minimum absolute atomic E-state index is 0.213. The molecule has 0 bridgehead atoms. The van der Waals surface area contributed by atoms with E-state index in [1.807, 2.05) is 30.7 Å². The third-order valence-corrected chi connectivity index (χ3v) is 6.18. The number of nitrogens with two attached hydrogens (primary N) is 2. The minimum atomic E-state index is -0.633. The van der Waals surface area contributed by atoms with Crippen molar-refractivity contribution in [3.63, 3.8) is 0 Å². The number of rotatable bonds is 7. The van der Waals surface area contributed by atoms with Crippen LogP contribution in [0.4, 0.5) is 11.5 Å². The zero-order chi connectivity index (χ0) is 22.1. The van der Waals surface area contributed by atoms with Gasteiger partial charge < -0.3 is 25.8 Å². The number of nitrogens with zero attached hydrogens (tertiary/aromatic N) is 4. The van der Waals surface area contributed by atoms with Crippen LogP contribution in [0.5, 0.6) is 0 Å². The Morgan fingerprint density at radius 1 is 1.42 bits per heavy atom. The zero-order valence-corrected chi connectivity index (χ0v) is 17.9. The minimum Gasteiger partial charge on any atom is -0.461 e. The predicted octanol–water partition coefficient (Wildman–Crippen LogP) is 3.42. The van der Waals surface area contributed by atoms with E-state index in [0.717, 1.165) is 35.6 Å². The summed E-state index contributed by atoms with van der Waals surface area (Å²) in [5.74, 6) is 1.02. The number of primary amides is 1. The molecule has 0 saturated heterocycles. The maximum Gasteiger partial charge on any atom is 0.260 e. The monoisotopic (exact) mass is 435 g/mol. The van der Waals surface area contributed by atoms with Crippen molar-refractivity contribution in [2.45, 2.75) is 26.8 Å². The average molecular weight is 436 g/mol. The predicted molar refractivity (Wildman–Crippen MR) is 120 cm³/mol. The van der Waals surface area contributed by atoms with Gasteiger partial charge in [-0.1, -0.05) is 0 Å². The van der Waals surface area contributed by atoms with Crippen LogP contribution >= 0.6 is 11.3 Å². The Morgan fingerprint density at radius 3 is 2.84 bits per heavy atom. The molecule has 0 aliphatic heterocycles. The number of amides is 1. The second-order valence-corrected chi connectivity index (χ2v) is 8.14. The van der Waals surface area contributed by atoms with Gasteiger partial charge in [-0.05, 0) is 31.9 Å². The molecule has 0 aliphatic carbocycles. The van der Waals surface area contributed by atoms with Gasteiger partial charge in [-0.2, -0.15) is 5.26 Å². The quantitative estimate of drug-likeness (QED) is 0.376. The molecule has 0 aromatic carbocycles. The zero-order valence-electron chi connectivity index (χ0n) is 17.1. The van der Waals surface area contributed by atoms with Crippen molar-refractivity contribution < 1.29 is 9.21 Å². The fraction of sp³-hybridized carbons (Fsp3) is 0.238. The second kappa shape index (κ2) is 8.12. The summed E-state index contributed by atoms with van der Waals surface area (Å²) in [4.78, 5) is 21.2. The molecule has 0 atom stereocenters.